The molecule has 0 aromatic carbocycles. The number of nitrogens with zero attached hydrogens (tertiary/aromatic N) is 1. The Bertz CT molecular complexity index is 217. The first kappa shape index (κ1) is 14.2. The molecule has 0 atom stereocenters. The van der Waals surface area contributed by atoms with Gasteiger partial charge in [0.1, 0.15) is 0 Å². The van der Waals surface area contributed by atoms with Crippen molar-refractivity contribution in [2.45, 2.75) is 20.3 Å². The molecule has 0 unspecified atom stereocenters. The summed E-state index contributed by atoms with van der Waals surface area (Å²) in [6.45, 7) is 5.67. The second-order valence-corrected chi connectivity index (χ2v) is 4.48. The molecule has 0 aliphatic rings. The Morgan fingerprint density at radius 1 is 1.33 bits per heavy atom. The van der Waals surface area contributed by atoms with Crippen LogP contribution in [0.5, 0.6) is 0 Å². The third kappa shape index (κ3) is 8.17. The highest BCUT2D eigenvalue weighted by molar-refractivity contribution is 7.80. The van der Waals surface area contributed by atoms with Gasteiger partial charge in [0.2, 0.25) is 5.91 Å². The van der Waals surface area contributed by atoms with Crippen molar-refractivity contribution >= 4 is 23.2 Å². The summed E-state index contributed by atoms with van der Waals surface area (Å²) in [6.07, 6.45) is 0.469. The van der Waals surface area contributed by atoms with Crippen molar-refractivity contribution in [3.63, 3.8) is 0 Å². The summed E-state index contributed by atoms with van der Waals surface area (Å²) in [6, 6.07) is 0. The largest absolute Gasteiger partial charge is 0.362 e. The lowest BCUT2D eigenvalue weighted by Crippen LogP contribution is -2.39. The van der Waals surface area contributed by atoms with Gasteiger partial charge in [0.05, 0.1) is 0 Å². The highest BCUT2D eigenvalue weighted by atomic mass is 32.1. The van der Waals surface area contributed by atoms with Gasteiger partial charge in [-0.05, 0) is 18.1 Å². The van der Waals surface area contributed by atoms with Crippen LogP contribution in [-0.2, 0) is 4.79 Å². The normalized spacial score (nSPS) is 9.93. The van der Waals surface area contributed by atoms with E-state index in [2.05, 4.69) is 24.5 Å². The van der Waals surface area contributed by atoms with Crippen molar-refractivity contribution in [2.24, 2.45) is 5.92 Å². The molecule has 1 amide bonds. The van der Waals surface area contributed by atoms with Crippen molar-refractivity contribution in [2.75, 3.05) is 27.2 Å². The highest BCUT2D eigenvalue weighted by Crippen LogP contribution is 1.87. The van der Waals surface area contributed by atoms with E-state index in [1.165, 1.54) is 0 Å². The number of carbonyl (C=O) groups excluding carboxylic acids is 1. The van der Waals surface area contributed by atoms with E-state index >= 15 is 0 Å². The third-order valence-corrected chi connectivity index (χ3v) is 2.08. The molecule has 0 fully saturated rings. The SMILES string of the molecule is CC(C)CNC(=S)NCCC(=O)N(C)C. The molecule has 0 spiro atoms. The Hall–Kier alpha value is -0.840. The van der Waals surface area contributed by atoms with Gasteiger partial charge >= 0.3 is 0 Å². The summed E-state index contributed by atoms with van der Waals surface area (Å²) in [5, 5.41) is 6.70. The zero-order valence-corrected chi connectivity index (χ0v) is 10.8. The number of rotatable bonds is 5. The van der Waals surface area contributed by atoms with Crippen molar-refractivity contribution in [1.29, 1.82) is 0 Å². The van der Waals surface area contributed by atoms with Crippen LogP contribution >= 0.6 is 12.2 Å². The molecular weight excluding hydrogens is 210 g/mol. The first-order chi connectivity index (χ1) is 6.93. The molecule has 0 aromatic rings. The van der Waals surface area contributed by atoms with Crippen molar-refractivity contribution in [3.05, 3.63) is 0 Å². The molecule has 2 N–H and O–H groups in total. The summed E-state index contributed by atoms with van der Waals surface area (Å²) in [7, 11) is 3.50. The summed E-state index contributed by atoms with van der Waals surface area (Å²) >= 11 is 5.04. The predicted molar refractivity (Wildman–Crippen MR) is 66.8 cm³/mol. The van der Waals surface area contributed by atoms with Crippen LogP contribution in [0.4, 0.5) is 0 Å². The molecule has 88 valence electrons. The molecule has 0 radical (unpaired) electrons. The Morgan fingerprint density at radius 3 is 2.40 bits per heavy atom. The van der Waals surface area contributed by atoms with E-state index in [-0.39, 0.29) is 5.91 Å². The second kappa shape index (κ2) is 7.45. The number of amides is 1. The van der Waals surface area contributed by atoms with Crippen molar-refractivity contribution < 1.29 is 4.79 Å². The van der Waals surface area contributed by atoms with Crippen molar-refractivity contribution in [3.8, 4) is 0 Å². The highest BCUT2D eigenvalue weighted by Gasteiger charge is 2.03. The summed E-state index contributed by atoms with van der Waals surface area (Å²) in [5.74, 6) is 0.669. The topological polar surface area (TPSA) is 44.4 Å². The van der Waals surface area contributed by atoms with E-state index in [1.807, 2.05) is 0 Å². The molecule has 0 aliphatic carbocycles. The lowest BCUT2D eigenvalue weighted by Gasteiger charge is -2.13. The van der Waals surface area contributed by atoms with E-state index < -0.39 is 0 Å². The summed E-state index contributed by atoms with van der Waals surface area (Å²) < 4.78 is 0. The first-order valence-corrected chi connectivity index (χ1v) is 5.56. The fourth-order valence-corrected chi connectivity index (χ4v) is 1.05. The minimum atomic E-state index is 0.106. The fraction of sp³-hybridized carbons (Fsp3) is 0.800. The smallest absolute Gasteiger partial charge is 0.223 e. The van der Waals surface area contributed by atoms with E-state index in [9.17, 15) is 4.79 Å². The van der Waals surface area contributed by atoms with Gasteiger partial charge in [-0.2, -0.15) is 0 Å². The van der Waals surface area contributed by atoms with Gasteiger partial charge < -0.3 is 15.5 Å². The minimum absolute atomic E-state index is 0.106. The minimum Gasteiger partial charge on any atom is -0.362 e. The number of hydrogen-bond acceptors (Lipinski definition) is 2. The predicted octanol–water partition coefficient (Wildman–Crippen LogP) is 0.585. The van der Waals surface area contributed by atoms with E-state index in [4.69, 9.17) is 12.2 Å². The van der Waals surface area contributed by atoms with Crippen LogP contribution in [0.15, 0.2) is 0 Å². The van der Waals surface area contributed by atoms with Crippen LogP contribution in [0.2, 0.25) is 0 Å². The molecule has 0 aromatic heterocycles. The molecule has 15 heavy (non-hydrogen) atoms. The Balaban J connectivity index is 3.51. The second-order valence-electron chi connectivity index (χ2n) is 4.07. The first-order valence-electron chi connectivity index (χ1n) is 5.15. The number of carbonyl (C=O) groups is 1. The maximum absolute atomic E-state index is 11.2. The van der Waals surface area contributed by atoms with Gasteiger partial charge in [-0.1, -0.05) is 13.8 Å². The zero-order valence-electron chi connectivity index (χ0n) is 9.96. The van der Waals surface area contributed by atoms with Crippen LogP contribution in [-0.4, -0.2) is 43.1 Å². The fourth-order valence-electron chi connectivity index (χ4n) is 0.866. The Kier molecular flexibility index (Phi) is 7.03. The maximum atomic E-state index is 11.2. The average Bonchev–Trinajstić information content (AvgIpc) is 2.14. The van der Waals surface area contributed by atoms with Gasteiger partial charge in [0.25, 0.3) is 0 Å². The van der Waals surface area contributed by atoms with Crippen LogP contribution < -0.4 is 10.6 Å². The average molecular weight is 231 g/mol. The number of thiocarbonyl (C=S) groups is 1. The van der Waals surface area contributed by atoms with E-state index in [0.29, 0.717) is 24.0 Å². The van der Waals surface area contributed by atoms with Crippen LogP contribution in [0.3, 0.4) is 0 Å². The standard InChI is InChI=1S/C10H21N3OS/c1-8(2)7-12-10(15)11-6-5-9(14)13(3)4/h8H,5-7H2,1-4H3,(H2,11,12,15). The van der Waals surface area contributed by atoms with Gasteiger partial charge in [-0.25, -0.2) is 0 Å². The van der Waals surface area contributed by atoms with Gasteiger partial charge in [-0.15, -0.1) is 0 Å². The molecule has 4 nitrogen and oxygen atoms in total. The molecule has 5 heteroatoms. The summed E-state index contributed by atoms with van der Waals surface area (Å²) in [4.78, 5) is 12.8. The number of hydrogen-bond donors (Lipinski definition) is 2. The third-order valence-electron chi connectivity index (χ3n) is 1.79. The number of nitrogens with one attached hydrogen (secondary N) is 2. The zero-order chi connectivity index (χ0) is 11.8. The van der Waals surface area contributed by atoms with E-state index in [0.717, 1.165) is 6.54 Å². The molecule has 0 rings (SSSR count). The maximum Gasteiger partial charge on any atom is 0.223 e. The molecular formula is C10H21N3OS. The lowest BCUT2D eigenvalue weighted by atomic mass is 10.2. The Morgan fingerprint density at radius 2 is 1.93 bits per heavy atom. The lowest BCUT2D eigenvalue weighted by molar-refractivity contribution is -0.128. The van der Waals surface area contributed by atoms with Crippen molar-refractivity contribution in [1.82, 2.24) is 15.5 Å². The van der Waals surface area contributed by atoms with Gasteiger partial charge in [-0.3, -0.25) is 4.79 Å². The van der Waals surface area contributed by atoms with Crippen LogP contribution in [0, 0.1) is 5.92 Å². The van der Waals surface area contributed by atoms with Gasteiger partial charge in [0, 0.05) is 33.6 Å². The quantitative estimate of drug-likeness (QED) is 0.680. The van der Waals surface area contributed by atoms with Crippen LogP contribution in [0.1, 0.15) is 20.3 Å². The molecule has 0 aliphatic heterocycles. The monoisotopic (exact) mass is 231 g/mol. The molecule has 0 bridgehead atoms. The van der Waals surface area contributed by atoms with Crippen LogP contribution in [0.25, 0.3) is 0 Å². The molecule has 0 saturated heterocycles. The summed E-state index contributed by atoms with van der Waals surface area (Å²) in [5.41, 5.74) is 0. The molecule has 0 saturated carbocycles. The molecule has 0 heterocycles. The van der Waals surface area contributed by atoms with E-state index in [1.54, 1.807) is 19.0 Å². The van der Waals surface area contributed by atoms with Gasteiger partial charge in [0.15, 0.2) is 5.11 Å². The Labute approximate surface area is 97.4 Å².